The summed E-state index contributed by atoms with van der Waals surface area (Å²) >= 11 is 1.32. The first-order valence-electron chi connectivity index (χ1n) is 7.75. The van der Waals surface area contributed by atoms with Crippen LogP contribution in [0.2, 0.25) is 0 Å². The van der Waals surface area contributed by atoms with Crippen molar-refractivity contribution < 1.29 is 14.7 Å². The van der Waals surface area contributed by atoms with Crippen LogP contribution in [-0.2, 0) is 9.59 Å². The lowest BCUT2D eigenvalue weighted by molar-refractivity contribution is -0.138. The largest absolute Gasteiger partial charge is 0.481 e. The predicted octanol–water partition coefficient (Wildman–Crippen LogP) is 4.28. The molecule has 0 atom stereocenters. The van der Waals surface area contributed by atoms with E-state index in [1.54, 1.807) is 0 Å². The highest BCUT2D eigenvalue weighted by molar-refractivity contribution is 7.14. The second-order valence-electron chi connectivity index (χ2n) is 5.42. The molecule has 0 saturated heterocycles. The maximum Gasteiger partial charge on any atom is 0.303 e. The molecular weight excluding hydrogens is 336 g/mol. The number of nitrogens with one attached hydrogen (secondary N) is 1. The van der Waals surface area contributed by atoms with Gasteiger partial charge in [-0.25, -0.2) is 4.98 Å². The molecule has 6 heteroatoms. The molecule has 5 nitrogen and oxygen atoms in total. The van der Waals surface area contributed by atoms with Gasteiger partial charge in [0.15, 0.2) is 5.13 Å². The number of hydrogen-bond acceptors (Lipinski definition) is 4. The third-order valence-electron chi connectivity index (χ3n) is 3.60. The van der Waals surface area contributed by atoms with Gasteiger partial charge in [0, 0.05) is 17.4 Å². The number of carbonyl (C=O) groups is 2. The second kappa shape index (κ2) is 7.72. The molecule has 2 aromatic carbocycles. The van der Waals surface area contributed by atoms with Gasteiger partial charge in [-0.2, -0.15) is 0 Å². The van der Waals surface area contributed by atoms with Crippen molar-refractivity contribution in [2.75, 3.05) is 5.32 Å². The molecule has 0 aliphatic carbocycles. The van der Waals surface area contributed by atoms with E-state index >= 15 is 0 Å². The van der Waals surface area contributed by atoms with Crippen molar-refractivity contribution in [3.05, 3.63) is 60.0 Å². The Balaban J connectivity index is 1.68. The Morgan fingerprint density at radius 2 is 1.56 bits per heavy atom. The van der Waals surface area contributed by atoms with Gasteiger partial charge in [-0.15, -0.1) is 11.3 Å². The Morgan fingerprint density at radius 1 is 0.920 bits per heavy atom. The highest BCUT2D eigenvalue weighted by Crippen LogP contribution is 2.27. The Morgan fingerprint density at radius 3 is 2.24 bits per heavy atom. The molecule has 0 radical (unpaired) electrons. The van der Waals surface area contributed by atoms with E-state index in [9.17, 15) is 9.59 Å². The van der Waals surface area contributed by atoms with E-state index in [-0.39, 0.29) is 18.7 Å². The molecule has 1 heterocycles. The number of carbonyl (C=O) groups excluding carboxylic acids is 1. The molecular formula is C19H16N2O3S. The van der Waals surface area contributed by atoms with E-state index in [0.717, 1.165) is 22.4 Å². The first-order chi connectivity index (χ1) is 12.1. The van der Waals surface area contributed by atoms with E-state index in [1.165, 1.54) is 11.3 Å². The summed E-state index contributed by atoms with van der Waals surface area (Å²) in [6.45, 7) is 0. The van der Waals surface area contributed by atoms with E-state index in [1.807, 2.05) is 47.8 Å². The third-order valence-corrected chi connectivity index (χ3v) is 4.36. The lowest BCUT2D eigenvalue weighted by atomic mass is 10.0. The number of carboxylic acid groups (broad SMARTS) is 1. The lowest BCUT2D eigenvalue weighted by Crippen LogP contribution is -2.12. The highest BCUT2D eigenvalue weighted by Gasteiger charge is 2.10. The molecule has 0 saturated carbocycles. The Bertz CT molecular complexity index is 873. The topological polar surface area (TPSA) is 79.3 Å². The van der Waals surface area contributed by atoms with E-state index in [0.29, 0.717) is 5.13 Å². The molecule has 3 rings (SSSR count). The summed E-state index contributed by atoms with van der Waals surface area (Å²) in [5.41, 5.74) is 4.01. The minimum Gasteiger partial charge on any atom is -0.481 e. The van der Waals surface area contributed by atoms with Crippen LogP contribution >= 0.6 is 11.3 Å². The van der Waals surface area contributed by atoms with Gasteiger partial charge in [0.25, 0.3) is 0 Å². The molecule has 1 amide bonds. The Hall–Kier alpha value is -2.99. The van der Waals surface area contributed by atoms with Crippen LogP contribution in [0.5, 0.6) is 0 Å². The van der Waals surface area contributed by atoms with Crippen molar-refractivity contribution in [2.24, 2.45) is 0 Å². The van der Waals surface area contributed by atoms with Crippen LogP contribution in [0.15, 0.2) is 60.0 Å². The fraction of sp³-hybridized carbons (Fsp3) is 0.105. The van der Waals surface area contributed by atoms with Gasteiger partial charge < -0.3 is 10.4 Å². The molecule has 3 aromatic rings. The zero-order valence-corrected chi connectivity index (χ0v) is 14.1. The molecule has 2 N–H and O–H groups in total. The quantitative estimate of drug-likeness (QED) is 0.694. The fourth-order valence-electron chi connectivity index (χ4n) is 2.33. The zero-order valence-electron chi connectivity index (χ0n) is 13.3. The summed E-state index contributed by atoms with van der Waals surface area (Å²) in [7, 11) is 0. The Kier molecular flexibility index (Phi) is 5.20. The van der Waals surface area contributed by atoms with Gasteiger partial charge in [0.05, 0.1) is 12.1 Å². The van der Waals surface area contributed by atoms with Crippen LogP contribution in [0.4, 0.5) is 5.13 Å². The second-order valence-corrected chi connectivity index (χ2v) is 6.28. The smallest absolute Gasteiger partial charge is 0.303 e. The van der Waals surface area contributed by atoms with Crippen LogP contribution in [0.1, 0.15) is 12.8 Å². The number of hydrogen-bond donors (Lipinski definition) is 2. The average molecular weight is 352 g/mol. The summed E-state index contributed by atoms with van der Waals surface area (Å²) in [6, 6.07) is 18.2. The minimum atomic E-state index is -0.992. The van der Waals surface area contributed by atoms with Crippen LogP contribution in [0.3, 0.4) is 0 Å². The monoisotopic (exact) mass is 352 g/mol. The first kappa shape index (κ1) is 16.9. The number of aromatic nitrogens is 1. The molecule has 25 heavy (non-hydrogen) atoms. The fourth-order valence-corrected chi connectivity index (χ4v) is 3.07. The number of nitrogens with zero attached hydrogens (tertiary/aromatic N) is 1. The van der Waals surface area contributed by atoms with Crippen LogP contribution < -0.4 is 5.32 Å². The van der Waals surface area contributed by atoms with E-state index in [4.69, 9.17) is 5.11 Å². The number of rotatable bonds is 6. The van der Waals surface area contributed by atoms with Gasteiger partial charge in [-0.05, 0) is 11.1 Å². The highest BCUT2D eigenvalue weighted by atomic mass is 32.1. The number of amides is 1. The summed E-state index contributed by atoms with van der Waals surface area (Å²) in [5, 5.41) is 13.6. The maximum absolute atomic E-state index is 11.7. The Labute approximate surface area is 149 Å². The van der Waals surface area contributed by atoms with Crippen molar-refractivity contribution in [2.45, 2.75) is 12.8 Å². The molecule has 0 unspecified atom stereocenters. The van der Waals surface area contributed by atoms with Crippen LogP contribution in [0, 0.1) is 0 Å². The number of benzene rings is 2. The molecule has 0 spiro atoms. The molecule has 126 valence electrons. The molecule has 1 aromatic heterocycles. The van der Waals surface area contributed by atoms with Crippen LogP contribution in [-0.4, -0.2) is 22.0 Å². The summed E-state index contributed by atoms with van der Waals surface area (Å²) in [4.78, 5) is 26.5. The normalized spacial score (nSPS) is 10.4. The standard InChI is InChI=1S/C19H16N2O3S/c22-17(10-11-18(23)24)21-19-20-16(12-25-19)15-8-6-14(7-9-15)13-4-2-1-3-5-13/h1-9,12H,10-11H2,(H,23,24)(H,20,21,22). The number of anilines is 1. The SMILES string of the molecule is O=C(O)CCC(=O)Nc1nc(-c2ccc(-c3ccccc3)cc2)cs1. The zero-order chi connectivity index (χ0) is 17.6. The third kappa shape index (κ3) is 4.51. The van der Waals surface area contributed by atoms with Crippen molar-refractivity contribution in [3.8, 4) is 22.4 Å². The summed E-state index contributed by atoms with van der Waals surface area (Å²) in [6.07, 6.45) is -0.249. The number of thiazole rings is 1. The molecule has 0 fully saturated rings. The van der Waals surface area contributed by atoms with Crippen molar-refractivity contribution in [3.63, 3.8) is 0 Å². The van der Waals surface area contributed by atoms with Gasteiger partial charge in [0.1, 0.15) is 0 Å². The van der Waals surface area contributed by atoms with E-state index < -0.39 is 5.97 Å². The summed E-state index contributed by atoms with van der Waals surface area (Å²) in [5.74, 6) is -1.34. The average Bonchev–Trinajstić information content (AvgIpc) is 3.09. The van der Waals surface area contributed by atoms with Gasteiger partial charge in [-0.1, -0.05) is 54.6 Å². The van der Waals surface area contributed by atoms with Crippen molar-refractivity contribution >= 4 is 28.3 Å². The minimum absolute atomic E-state index is 0.0595. The van der Waals surface area contributed by atoms with Crippen molar-refractivity contribution in [1.82, 2.24) is 4.98 Å². The predicted molar refractivity (Wildman–Crippen MR) is 98.5 cm³/mol. The van der Waals surface area contributed by atoms with E-state index in [2.05, 4.69) is 22.4 Å². The van der Waals surface area contributed by atoms with Crippen LogP contribution in [0.25, 0.3) is 22.4 Å². The summed E-state index contributed by atoms with van der Waals surface area (Å²) < 4.78 is 0. The lowest BCUT2D eigenvalue weighted by Gasteiger charge is -2.03. The maximum atomic E-state index is 11.7. The first-order valence-corrected chi connectivity index (χ1v) is 8.63. The molecule has 0 aliphatic heterocycles. The number of aliphatic carboxylic acids is 1. The number of carboxylic acids is 1. The molecule has 0 bridgehead atoms. The van der Waals surface area contributed by atoms with Gasteiger partial charge >= 0.3 is 5.97 Å². The molecule has 0 aliphatic rings. The van der Waals surface area contributed by atoms with Crippen molar-refractivity contribution in [1.29, 1.82) is 0 Å². The van der Waals surface area contributed by atoms with Gasteiger partial charge in [0.2, 0.25) is 5.91 Å². The van der Waals surface area contributed by atoms with Gasteiger partial charge in [-0.3, -0.25) is 9.59 Å².